The maximum Gasteiger partial charge on any atom is 0.304 e. The van der Waals surface area contributed by atoms with Gasteiger partial charge in [0.25, 0.3) is 0 Å². The summed E-state index contributed by atoms with van der Waals surface area (Å²) in [4.78, 5) is 0. The summed E-state index contributed by atoms with van der Waals surface area (Å²) in [6.07, 6.45) is 3.07. The molecule has 2 rings (SSSR count). The zero-order chi connectivity index (χ0) is 14.4. The van der Waals surface area contributed by atoms with Crippen molar-refractivity contribution in [3.63, 3.8) is 0 Å². The Kier molecular flexibility index (Phi) is 4.99. The summed E-state index contributed by atoms with van der Waals surface area (Å²) in [5.41, 5.74) is 0.619. The molecule has 1 aliphatic heterocycles. The van der Waals surface area contributed by atoms with Crippen LogP contribution < -0.4 is 4.31 Å². The number of hydrogen-bond donors (Lipinski definition) is 0. The van der Waals surface area contributed by atoms with E-state index in [1.54, 1.807) is 24.3 Å². The SMILES string of the molecule is N#CCCN(c1ccccc1)S(=O)(=O)N1CCCCC1. The van der Waals surface area contributed by atoms with Crippen LogP contribution in [0.15, 0.2) is 30.3 Å². The second-order valence-electron chi connectivity index (χ2n) is 4.78. The summed E-state index contributed by atoms with van der Waals surface area (Å²) in [5, 5.41) is 8.75. The van der Waals surface area contributed by atoms with Crippen molar-refractivity contribution in [2.24, 2.45) is 0 Å². The van der Waals surface area contributed by atoms with E-state index in [1.165, 1.54) is 8.61 Å². The van der Waals surface area contributed by atoms with E-state index in [0.717, 1.165) is 19.3 Å². The lowest BCUT2D eigenvalue weighted by atomic mass is 10.2. The van der Waals surface area contributed by atoms with Crippen molar-refractivity contribution in [2.75, 3.05) is 23.9 Å². The minimum absolute atomic E-state index is 0.183. The van der Waals surface area contributed by atoms with Crippen LogP contribution in [0.1, 0.15) is 25.7 Å². The first-order valence-electron chi connectivity index (χ1n) is 6.86. The van der Waals surface area contributed by atoms with Gasteiger partial charge in [0.1, 0.15) is 0 Å². The Morgan fingerprint density at radius 2 is 1.80 bits per heavy atom. The van der Waals surface area contributed by atoms with Gasteiger partial charge in [-0.15, -0.1) is 0 Å². The van der Waals surface area contributed by atoms with Gasteiger partial charge in [0.2, 0.25) is 0 Å². The number of nitrogens with zero attached hydrogens (tertiary/aromatic N) is 3. The van der Waals surface area contributed by atoms with E-state index in [2.05, 4.69) is 0 Å². The molecule has 108 valence electrons. The van der Waals surface area contributed by atoms with Gasteiger partial charge in [-0.25, -0.2) is 0 Å². The molecule has 20 heavy (non-hydrogen) atoms. The fraction of sp³-hybridized carbons (Fsp3) is 0.500. The molecule has 0 amide bonds. The molecule has 6 heteroatoms. The third-order valence-electron chi connectivity index (χ3n) is 3.39. The van der Waals surface area contributed by atoms with E-state index < -0.39 is 10.2 Å². The molecule has 1 aromatic carbocycles. The lowest BCUT2D eigenvalue weighted by Crippen LogP contribution is -2.46. The molecule has 0 atom stereocenters. The Hall–Kier alpha value is -1.58. The maximum atomic E-state index is 12.7. The normalized spacial score (nSPS) is 16.6. The van der Waals surface area contributed by atoms with E-state index in [4.69, 9.17) is 5.26 Å². The van der Waals surface area contributed by atoms with E-state index in [9.17, 15) is 8.42 Å². The van der Waals surface area contributed by atoms with Crippen LogP contribution in [0.3, 0.4) is 0 Å². The van der Waals surface area contributed by atoms with Gasteiger partial charge in [0.15, 0.2) is 0 Å². The Morgan fingerprint density at radius 3 is 2.40 bits per heavy atom. The van der Waals surface area contributed by atoms with Gasteiger partial charge in [-0.2, -0.15) is 18.0 Å². The summed E-state index contributed by atoms with van der Waals surface area (Å²) in [6, 6.07) is 11.0. The number of benzene rings is 1. The molecular weight excluding hydrogens is 274 g/mol. The van der Waals surface area contributed by atoms with Crippen LogP contribution in [0.25, 0.3) is 0 Å². The minimum Gasteiger partial charge on any atom is -0.257 e. The average Bonchev–Trinajstić information content (AvgIpc) is 2.49. The first-order valence-corrected chi connectivity index (χ1v) is 8.26. The first kappa shape index (κ1) is 14.8. The third kappa shape index (κ3) is 3.30. The minimum atomic E-state index is -3.53. The molecule has 0 radical (unpaired) electrons. The van der Waals surface area contributed by atoms with Gasteiger partial charge in [-0.3, -0.25) is 4.31 Å². The monoisotopic (exact) mass is 293 g/mol. The molecule has 1 saturated heterocycles. The molecule has 1 heterocycles. The van der Waals surface area contributed by atoms with Crippen molar-refractivity contribution < 1.29 is 8.42 Å². The fourth-order valence-electron chi connectivity index (χ4n) is 2.36. The molecule has 1 aromatic rings. The summed E-state index contributed by atoms with van der Waals surface area (Å²) < 4.78 is 28.3. The van der Waals surface area contributed by atoms with Gasteiger partial charge in [0.05, 0.1) is 18.2 Å². The van der Waals surface area contributed by atoms with Gasteiger partial charge < -0.3 is 0 Å². The van der Waals surface area contributed by atoms with Gasteiger partial charge >= 0.3 is 10.2 Å². The smallest absolute Gasteiger partial charge is 0.257 e. The molecule has 0 spiro atoms. The summed E-state index contributed by atoms with van der Waals surface area (Å²) in [7, 11) is -3.53. The molecule has 1 aliphatic rings. The van der Waals surface area contributed by atoms with Crippen LogP contribution >= 0.6 is 0 Å². The van der Waals surface area contributed by atoms with Crippen LogP contribution in [-0.2, 0) is 10.2 Å². The quantitative estimate of drug-likeness (QED) is 0.835. The number of para-hydroxylation sites is 1. The lowest BCUT2D eigenvalue weighted by Gasteiger charge is -2.32. The highest BCUT2D eigenvalue weighted by molar-refractivity contribution is 7.90. The molecule has 5 nitrogen and oxygen atoms in total. The lowest BCUT2D eigenvalue weighted by molar-refractivity contribution is 0.345. The molecule has 0 saturated carbocycles. The second-order valence-corrected chi connectivity index (χ2v) is 6.64. The van der Waals surface area contributed by atoms with Crippen LogP contribution in [0.4, 0.5) is 5.69 Å². The number of nitriles is 1. The predicted octanol–water partition coefficient (Wildman–Crippen LogP) is 2.14. The van der Waals surface area contributed by atoms with E-state index in [1.807, 2.05) is 12.1 Å². The summed E-state index contributed by atoms with van der Waals surface area (Å²) in [5.74, 6) is 0. The first-order chi connectivity index (χ1) is 9.66. The van der Waals surface area contributed by atoms with Crippen molar-refractivity contribution in [1.82, 2.24) is 4.31 Å². The van der Waals surface area contributed by atoms with Crippen molar-refractivity contribution >= 4 is 15.9 Å². The van der Waals surface area contributed by atoms with Crippen LogP contribution in [-0.4, -0.2) is 32.4 Å². The number of piperidine rings is 1. The molecule has 1 fully saturated rings. The largest absolute Gasteiger partial charge is 0.304 e. The van der Waals surface area contributed by atoms with E-state index in [0.29, 0.717) is 18.8 Å². The van der Waals surface area contributed by atoms with Gasteiger partial charge in [-0.1, -0.05) is 24.6 Å². The molecule has 0 unspecified atom stereocenters. The highest BCUT2D eigenvalue weighted by Gasteiger charge is 2.30. The molecule has 0 aromatic heterocycles. The van der Waals surface area contributed by atoms with E-state index in [-0.39, 0.29) is 13.0 Å². The van der Waals surface area contributed by atoms with Gasteiger partial charge in [-0.05, 0) is 25.0 Å². The predicted molar refractivity (Wildman–Crippen MR) is 78.4 cm³/mol. The zero-order valence-corrected chi connectivity index (χ0v) is 12.2. The van der Waals surface area contributed by atoms with Crippen LogP contribution in [0.5, 0.6) is 0 Å². The van der Waals surface area contributed by atoms with Crippen molar-refractivity contribution in [3.05, 3.63) is 30.3 Å². The number of rotatable bonds is 5. The number of hydrogen-bond acceptors (Lipinski definition) is 3. The second kappa shape index (κ2) is 6.73. The fourth-order valence-corrected chi connectivity index (χ4v) is 4.07. The Balaban J connectivity index is 2.28. The number of anilines is 1. The van der Waals surface area contributed by atoms with Crippen LogP contribution in [0, 0.1) is 11.3 Å². The highest BCUT2D eigenvalue weighted by atomic mass is 32.2. The average molecular weight is 293 g/mol. The molecule has 0 N–H and O–H groups in total. The Labute approximate surface area is 120 Å². The van der Waals surface area contributed by atoms with Crippen LogP contribution in [0.2, 0.25) is 0 Å². The van der Waals surface area contributed by atoms with Crippen molar-refractivity contribution in [3.8, 4) is 6.07 Å². The molecule has 0 bridgehead atoms. The third-order valence-corrected chi connectivity index (χ3v) is 5.36. The standard InChI is InChI=1S/C14H19N3O2S/c15-10-7-13-17(14-8-3-1-4-9-14)20(18,19)16-11-5-2-6-12-16/h1,3-4,8-9H,2,5-7,11-13H2. The maximum absolute atomic E-state index is 12.7. The summed E-state index contributed by atoms with van der Waals surface area (Å²) >= 11 is 0. The zero-order valence-electron chi connectivity index (χ0n) is 11.4. The van der Waals surface area contributed by atoms with E-state index >= 15 is 0 Å². The molecule has 0 aliphatic carbocycles. The molecular formula is C14H19N3O2S. The highest BCUT2D eigenvalue weighted by Crippen LogP contribution is 2.23. The topological polar surface area (TPSA) is 64.4 Å². The van der Waals surface area contributed by atoms with Gasteiger partial charge in [0, 0.05) is 19.6 Å². The Bertz CT molecular complexity index is 560. The Morgan fingerprint density at radius 1 is 1.15 bits per heavy atom. The summed E-state index contributed by atoms with van der Waals surface area (Å²) in [6.45, 7) is 1.33. The van der Waals surface area contributed by atoms with Crippen molar-refractivity contribution in [2.45, 2.75) is 25.7 Å². The van der Waals surface area contributed by atoms with Crippen molar-refractivity contribution in [1.29, 1.82) is 5.26 Å².